The second kappa shape index (κ2) is 7.29. The smallest absolute Gasteiger partial charge is 0.255 e. The monoisotopic (exact) mass is 361 g/mol. The van der Waals surface area contributed by atoms with Crippen molar-refractivity contribution in [1.82, 2.24) is 9.38 Å². The van der Waals surface area contributed by atoms with Crippen LogP contribution in [0, 0.1) is 5.82 Å². The minimum absolute atomic E-state index is 0.288. The number of pyridine rings is 1. The Kier molecular flexibility index (Phi) is 4.53. The number of anilines is 1. The van der Waals surface area contributed by atoms with Crippen LogP contribution in [-0.2, 0) is 6.61 Å². The summed E-state index contributed by atoms with van der Waals surface area (Å²) in [7, 11) is 0. The lowest BCUT2D eigenvalue weighted by molar-refractivity contribution is 0.102. The summed E-state index contributed by atoms with van der Waals surface area (Å²) in [5.74, 6) is -0.185. The number of carbonyl (C=O) groups excluding carboxylic acids is 1. The van der Waals surface area contributed by atoms with Gasteiger partial charge >= 0.3 is 0 Å². The average Bonchev–Trinajstić information content (AvgIpc) is 3.10. The molecule has 2 aromatic carbocycles. The van der Waals surface area contributed by atoms with Gasteiger partial charge in [0.1, 0.15) is 23.8 Å². The second-order valence-corrected chi connectivity index (χ2v) is 5.98. The fourth-order valence-electron chi connectivity index (χ4n) is 2.71. The highest BCUT2D eigenvalue weighted by Gasteiger charge is 2.09. The van der Waals surface area contributed by atoms with Gasteiger partial charge in [-0.25, -0.2) is 9.37 Å². The molecule has 134 valence electrons. The van der Waals surface area contributed by atoms with Gasteiger partial charge in [0.05, 0.1) is 5.69 Å². The Morgan fingerprint density at radius 1 is 1.07 bits per heavy atom. The minimum atomic E-state index is -0.405. The van der Waals surface area contributed by atoms with Gasteiger partial charge in [0, 0.05) is 23.6 Å². The number of nitrogens with zero attached hydrogens (tertiary/aromatic N) is 2. The highest BCUT2D eigenvalue weighted by atomic mass is 19.1. The van der Waals surface area contributed by atoms with E-state index in [-0.39, 0.29) is 12.5 Å². The van der Waals surface area contributed by atoms with Crippen molar-refractivity contribution in [2.24, 2.45) is 0 Å². The summed E-state index contributed by atoms with van der Waals surface area (Å²) in [4.78, 5) is 16.8. The molecular formula is C21H16FN3O2. The Morgan fingerprint density at radius 2 is 1.96 bits per heavy atom. The number of amides is 1. The van der Waals surface area contributed by atoms with Crippen molar-refractivity contribution in [3.8, 4) is 5.75 Å². The van der Waals surface area contributed by atoms with Crippen molar-refractivity contribution >= 4 is 17.2 Å². The average molecular weight is 361 g/mol. The van der Waals surface area contributed by atoms with Crippen LogP contribution in [0.15, 0.2) is 79.1 Å². The summed E-state index contributed by atoms with van der Waals surface area (Å²) < 4.78 is 20.9. The molecule has 5 nitrogen and oxygen atoms in total. The highest BCUT2D eigenvalue weighted by Crippen LogP contribution is 2.17. The SMILES string of the molecule is O=C(Nc1cccc(F)c1)c1cccc(OCc2cn3ccccc3n2)c1. The molecule has 4 aromatic rings. The summed E-state index contributed by atoms with van der Waals surface area (Å²) in [6.45, 7) is 0.288. The van der Waals surface area contributed by atoms with E-state index < -0.39 is 5.82 Å². The number of hydrogen-bond donors (Lipinski definition) is 1. The number of carbonyl (C=O) groups is 1. The number of nitrogens with one attached hydrogen (secondary N) is 1. The number of hydrogen-bond acceptors (Lipinski definition) is 3. The predicted octanol–water partition coefficient (Wildman–Crippen LogP) is 4.30. The predicted molar refractivity (Wildman–Crippen MR) is 100 cm³/mol. The van der Waals surface area contributed by atoms with Crippen LogP contribution in [0.1, 0.15) is 16.1 Å². The van der Waals surface area contributed by atoms with Gasteiger partial charge in [-0.3, -0.25) is 4.79 Å². The van der Waals surface area contributed by atoms with E-state index in [2.05, 4.69) is 10.3 Å². The lowest BCUT2D eigenvalue weighted by Crippen LogP contribution is -2.12. The molecule has 2 aromatic heterocycles. The number of imidazole rings is 1. The van der Waals surface area contributed by atoms with Crippen LogP contribution in [0.3, 0.4) is 0 Å². The number of fused-ring (bicyclic) bond motifs is 1. The van der Waals surface area contributed by atoms with Crippen molar-refractivity contribution in [3.05, 3.63) is 96.2 Å². The van der Waals surface area contributed by atoms with Crippen LogP contribution in [0.5, 0.6) is 5.75 Å². The third-order valence-corrected chi connectivity index (χ3v) is 3.98. The lowest BCUT2D eigenvalue weighted by atomic mass is 10.2. The first-order chi connectivity index (χ1) is 13.2. The molecule has 0 aliphatic heterocycles. The maximum atomic E-state index is 13.2. The maximum Gasteiger partial charge on any atom is 0.255 e. The van der Waals surface area contributed by atoms with Gasteiger partial charge in [-0.1, -0.05) is 18.2 Å². The van der Waals surface area contributed by atoms with Gasteiger partial charge in [-0.05, 0) is 48.5 Å². The summed E-state index contributed by atoms with van der Waals surface area (Å²) in [6, 6.07) is 18.4. The number of halogens is 1. The fourth-order valence-corrected chi connectivity index (χ4v) is 2.71. The molecule has 0 aliphatic rings. The Hall–Kier alpha value is -3.67. The topological polar surface area (TPSA) is 55.6 Å². The quantitative estimate of drug-likeness (QED) is 0.576. The van der Waals surface area contributed by atoms with Crippen LogP contribution < -0.4 is 10.1 Å². The van der Waals surface area contributed by atoms with Gasteiger partial charge in [0.2, 0.25) is 0 Å². The molecule has 0 atom stereocenters. The first-order valence-corrected chi connectivity index (χ1v) is 8.40. The maximum absolute atomic E-state index is 13.2. The zero-order valence-electron chi connectivity index (χ0n) is 14.3. The molecule has 0 radical (unpaired) electrons. The van der Waals surface area contributed by atoms with Crippen LogP contribution >= 0.6 is 0 Å². The Balaban J connectivity index is 1.44. The molecular weight excluding hydrogens is 345 g/mol. The second-order valence-electron chi connectivity index (χ2n) is 5.98. The Morgan fingerprint density at radius 3 is 2.81 bits per heavy atom. The molecule has 0 unspecified atom stereocenters. The fraction of sp³-hybridized carbons (Fsp3) is 0.0476. The van der Waals surface area contributed by atoms with Gasteiger partial charge in [0.25, 0.3) is 5.91 Å². The summed E-state index contributed by atoms with van der Waals surface area (Å²) in [5.41, 5.74) is 2.46. The van der Waals surface area contributed by atoms with Crippen LogP contribution in [0.25, 0.3) is 5.65 Å². The Bertz CT molecular complexity index is 1070. The van der Waals surface area contributed by atoms with Gasteiger partial charge in [-0.15, -0.1) is 0 Å². The molecule has 2 heterocycles. The van der Waals surface area contributed by atoms with Crippen molar-refractivity contribution in [1.29, 1.82) is 0 Å². The van der Waals surface area contributed by atoms with Crippen molar-refractivity contribution < 1.29 is 13.9 Å². The van der Waals surface area contributed by atoms with Crippen LogP contribution in [0.4, 0.5) is 10.1 Å². The molecule has 4 rings (SSSR count). The van der Waals surface area contributed by atoms with E-state index in [1.165, 1.54) is 12.1 Å². The van der Waals surface area contributed by atoms with E-state index in [4.69, 9.17) is 4.74 Å². The zero-order valence-corrected chi connectivity index (χ0v) is 14.3. The molecule has 0 fully saturated rings. The van der Waals surface area contributed by atoms with E-state index >= 15 is 0 Å². The number of rotatable bonds is 5. The molecule has 0 aliphatic carbocycles. The highest BCUT2D eigenvalue weighted by molar-refractivity contribution is 6.04. The molecule has 0 spiro atoms. The van der Waals surface area contributed by atoms with E-state index in [1.807, 2.05) is 35.0 Å². The lowest BCUT2D eigenvalue weighted by Gasteiger charge is -2.08. The van der Waals surface area contributed by atoms with Gasteiger partial charge < -0.3 is 14.5 Å². The molecule has 1 amide bonds. The minimum Gasteiger partial charge on any atom is -0.487 e. The van der Waals surface area contributed by atoms with E-state index in [1.54, 1.807) is 36.4 Å². The van der Waals surface area contributed by atoms with Crippen molar-refractivity contribution in [2.75, 3.05) is 5.32 Å². The molecule has 1 N–H and O–H groups in total. The van der Waals surface area contributed by atoms with Crippen LogP contribution in [-0.4, -0.2) is 15.3 Å². The van der Waals surface area contributed by atoms with E-state index in [9.17, 15) is 9.18 Å². The summed E-state index contributed by atoms with van der Waals surface area (Å²) in [5, 5.41) is 2.67. The summed E-state index contributed by atoms with van der Waals surface area (Å²) in [6.07, 6.45) is 3.82. The summed E-state index contributed by atoms with van der Waals surface area (Å²) >= 11 is 0. The van der Waals surface area contributed by atoms with Crippen molar-refractivity contribution in [3.63, 3.8) is 0 Å². The molecule has 0 bridgehead atoms. The largest absolute Gasteiger partial charge is 0.487 e. The molecule has 0 saturated heterocycles. The van der Waals surface area contributed by atoms with Crippen molar-refractivity contribution in [2.45, 2.75) is 6.61 Å². The molecule has 6 heteroatoms. The van der Waals surface area contributed by atoms with Gasteiger partial charge in [0.15, 0.2) is 0 Å². The van der Waals surface area contributed by atoms with E-state index in [0.717, 1.165) is 11.3 Å². The zero-order chi connectivity index (χ0) is 18.6. The van der Waals surface area contributed by atoms with Gasteiger partial charge in [-0.2, -0.15) is 0 Å². The first-order valence-electron chi connectivity index (χ1n) is 8.40. The number of benzene rings is 2. The van der Waals surface area contributed by atoms with E-state index in [0.29, 0.717) is 17.0 Å². The third kappa shape index (κ3) is 3.95. The Labute approximate surface area is 155 Å². The molecule has 0 saturated carbocycles. The third-order valence-electron chi connectivity index (χ3n) is 3.98. The number of aromatic nitrogens is 2. The standard InChI is InChI=1S/C21H16FN3O2/c22-16-6-4-7-17(12-16)24-21(26)15-5-3-8-19(11-15)27-14-18-13-25-10-2-1-9-20(25)23-18/h1-13H,14H2,(H,24,26). The number of ether oxygens (including phenoxy) is 1. The normalized spacial score (nSPS) is 10.7. The first kappa shape index (κ1) is 16.8. The molecule has 27 heavy (non-hydrogen) atoms. The van der Waals surface area contributed by atoms with Crippen LogP contribution in [0.2, 0.25) is 0 Å².